The molecule has 1 fully saturated rings. The van der Waals surface area contributed by atoms with E-state index >= 15 is 0 Å². The maximum atomic E-state index is 13.8. The summed E-state index contributed by atoms with van der Waals surface area (Å²) < 4.78 is 32.1. The number of carbonyl (C=O) groups is 3. The van der Waals surface area contributed by atoms with E-state index in [0.29, 0.717) is 37.0 Å². The standard InChI is InChI=1S/C24H25F2NO5/c1-32-11-12-2-5-17-14(6-12)7-15-8-18(22(29)23(30)20(15)21(17)28)24(31)27-10-13-3-4-16(25)9-19(13)26/h3-4,8-9,12,14,17,23,30H,2,5-7,10-11H2,1H3,(H,27,31)/t12-,14-,17?,23?/m1/s1. The lowest BCUT2D eigenvalue weighted by Crippen LogP contribution is -2.44. The van der Waals surface area contributed by atoms with Crippen LogP contribution in [0.3, 0.4) is 0 Å². The Bertz CT molecular complexity index is 1030. The second-order valence-corrected chi connectivity index (χ2v) is 8.75. The van der Waals surface area contributed by atoms with Crippen molar-refractivity contribution in [3.05, 3.63) is 58.2 Å². The third kappa shape index (κ3) is 4.17. The van der Waals surface area contributed by atoms with Crippen LogP contribution in [-0.2, 0) is 25.7 Å². The molecular weight excluding hydrogens is 420 g/mol. The predicted octanol–water partition coefficient (Wildman–Crippen LogP) is 2.40. The number of benzene rings is 1. The summed E-state index contributed by atoms with van der Waals surface area (Å²) in [5.74, 6) is -3.19. The summed E-state index contributed by atoms with van der Waals surface area (Å²) in [6, 6.07) is 2.98. The van der Waals surface area contributed by atoms with Crippen LogP contribution in [-0.4, -0.2) is 42.4 Å². The highest BCUT2D eigenvalue weighted by Crippen LogP contribution is 2.45. The summed E-state index contributed by atoms with van der Waals surface area (Å²) in [7, 11) is 1.65. The van der Waals surface area contributed by atoms with Crippen molar-refractivity contribution in [2.45, 2.75) is 38.3 Å². The van der Waals surface area contributed by atoms with E-state index in [2.05, 4.69) is 5.32 Å². The third-order valence-electron chi connectivity index (χ3n) is 6.73. The molecule has 0 bridgehead atoms. The molecule has 1 aromatic rings. The fourth-order valence-corrected chi connectivity index (χ4v) is 5.15. The zero-order chi connectivity index (χ0) is 23.0. The van der Waals surface area contributed by atoms with Gasteiger partial charge in [-0.05, 0) is 55.2 Å². The Morgan fingerprint density at radius 1 is 1.22 bits per heavy atom. The number of rotatable bonds is 5. The molecule has 1 aromatic carbocycles. The van der Waals surface area contributed by atoms with Crippen LogP contribution in [0, 0.1) is 29.4 Å². The number of methoxy groups -OCH3 is 1. The minimum Gasteiger partial charge on any atom is -0.384 e. The van der Waals surface area contributed by atoms with Gasteiger partial charge in [0.15, 0.2) is 5.78 Å². The molecule has 0 spiro atoms. The molecule has 3 aliphatic carbocycles. The highest BCUT2D eigenvalue weighted by atomic mass is 19.1. The van der Waals surface area contributed by atoms with Crippen molar-refractivity contribution < 1.29 is 33.0 Å². The number of hydrogen-bond acceptors (Lipinski definition) is 5. The fourth-order valence-electron chi connectivity index (χ4n) is 5.15. The molecule has 1 amide bonds. The molecule has 3 aliphatic rings. The van der Waals surface area contributed by atoms with Crippen molar-refractivity contribution in [1.29, 1.82) is 0 Å². The van der Waals surface area contributed by atoms with Crippen LogP contribution in [0.25, 0.3) is 0 Å². The zero-order valence-corrected chi connectivity index (χ0v) is 17.7. The number of ketones is 2. The molecule has 0 saturated heterocycles. The molecule has 0 aromatic heterocycles. The number of amides is 1. The summed E-state index contributed by atoms with van der Waals surface area (Å²) in [5, 5.41) is 13.0. The van der Waals surface area contributed by atoms with Crippen LogP contribution in [0.4, 0.5) is 8.78 Å². The number of aliphatic hydroxyl groups excluding tert-OH is 1. The number of nitrogens with one attached hydrogen (secondary N) is 1. The molecule has 4 rings (SSSR count). The van der Waals surface area contributed by atoms with Gasteiger partial charge < -0.3 is 15.2 Å². The van der Waals surface area contributed by atoms with Crippen molar-refractivity contribution >= 4 is 17.5 Å². The van der Waals surface area contributed by atoms with Crippen LogP contribution in [0.1, 0.15) is 31.2 Å². The number of carbonyl (C=O) groups excluding carboxylic acids is 3. The van der Waals surface area contributed by atoms with Gasteiger partial charge in [-0.15, -0.1) is 0 Å². The molecule has 2 N–H and O–H groups in total. The molecule has 2 unspecified atom stereocenters. The molecular formula is C24H25F2NO5. The van der Waals surface area contributed by atoms with Gasteiger partial charge in [0, 0.05) is 43.4 Å². The lowest BCUT2D eigenvalue weighted by atomic mass is 9.63. The first-order chi connectivity index (χ1) is 15.3. The number of allylic oxidation sites excluding steroid dienone is 2. The predicted molar refractivity (Wildman–Crippen MR) is 110 cm³/mol. The second-order valence-electron chi connectivity index (χ2n) is 8.75. The van der Waals surface area contributed by atoms with Crippen LogP contribution in [0.2, 0.25) is 0 Å². The first-order valence-corrected chi connectivity index (χ1v) is 10.7. The number of ether oxygens (including phenoxy) is 1. The first kappa shape index (κ1) is 22.5. The molecule has 4 atom stereocenters. The van der Waals surface area contributed by atoms with Gasteiger partial charge in [-0.1, -0.05) is 6.07 Å². The van der Waals surface area contributed by atoms with Crippen LogP contribution in [0.15, 0.2) is 41.0 Å². The summed E-state index contributed by atoms with van der Waals surface area (Å²) in [6.45, 7) is 0.369. The van der Waals surface area contributed by atoms with Crippen LogP contribution in [0.5, 0.6) is 0 Å². The maximum Gasteiger partial charge on any atom is 0.255 e. The number of fused-ring (bicyclic) bond motifs is 1. The van der Waals surface area contributed by atoms with E-state index in [9.17, 15) is 28.3 Å². The Balaban J connectivity index is 1.54. The molecule has 8 heteroatoms. The Morgan fingerprint density at radius 3 is 2.72 bits per heavy atom. The van der Waals surface area contributed by atoms with E-state index in [4.69, 9.17) is 4.74 Å². The van der Waals surface area contributed by atoms with Gasteiger partial charge in [0.1, 0.15) is 17.7 Å². The summed E-state index contributed by atoms with van der Waals surface area (Å²) in [4.78, 5) is 38.4. The van der Waals surface area contributed by atoms with E-state index in [0.717, 1.165) is 18.9 Å². The molecule has 0 aliphatic heterocycles. The highest BCUT2D eigenvalue weighted by Gasteiger charge is 2.46. The molecule has 1 saturated carbocycles. The topological polar surface area (TPSA) is 92.7 Å². The van der Waals surface area contributed by atoms with Crippen LogP contribution >= 0.6 is 0 Å². The van der Waals surface area contributed by atoms with E-state index in [-0.39, 0.29) is 40.9 Å². The van der Waals surface area contributed by atoms with Gasteiger partial charge in [0.2, 0.25) is 5.78 Å². The minimum atomic E-state index is -1.68. The fraction of sp³-hybridized carbons (Fsp3) is 0.458. The molecule has 32 heavy (non-hydrogen) atoms. The summed E-state index contributed by atoms with van der Waals surface area (Å²) in [5.41, 5.74) is 0.405. The maximum absolute atomic E-state index is 13.8. The van der Waals surface area contributed by atoms with Gasteiger partial charge in [-0.25, -0.2) is 8.78 Å². The van der Waals surface area contributed by atoms with E-state index in [1.165, 1.54) is 12.1 Å². The summed E-state index contributed by atoms with van der Waals surface area (Å²) >= 11 is 0. The van der Waals surface area contributed by atoms with Gasteiger partial charge >= 0.3 is 0 Å². The lowest BCUT2D eigenvalue weighted by molar-refractivity contribution is -0.131. The normalized spacial score (nSPS) is 27.6. The number of aliphatic hydroxyl groups is 1. The number of halogens is 2. The SMILES string of the molecule is COC[C@@H]1CCC2C(=O)C3=C(C=C(C(=O)NCc4ccc(F)cc4F)C(=O)C3O)C[C@H]2C1. The van der Waals surface area contributed by atoms with Gasteiger partial charge in [-0.2, -0.15) is 0 Å². The Hall–Kier alpha value is -2.71. The third-order valence-corrected chi connectivity index (χ3v) is 6.73. The minimum absolute atomic E-state index is 0.0612. The van der Waals surface area contributed by atoms with Crippen molar-refractivity contribution in [2.75, 3.05) is 13.7 Å². The Kier molecular flexibility index (Phi) is 6.35. The van der Waals surface area contributed by atoms with Crippen molar-refractivity contribution in [3.63, 3.8) is 0 Å². The quantitative estimate of drug-likeness (QED) is 0.679. The van der Waals surface area contributed by atoms with Gasteiger partial charge in [0.25, 0.3) is 5.91 Å². The second kappa shape index (κ2) is 9.03. The smallest absolute Gasteiger partial charge is 0.255 e. The zero-order valence-electron chi connectivity index (χ0n) is 17.7. The molecule has 170 valence electrons. The monoisotopic (exact) mass is 445 g/mol. The van der Waals surface area contributed by atoms with Crippen molar-refractivity contribution in [1.82, 2.24) is 5.32 Å². The first-order valence-electron chi connectivity index (χ1n) is 10.7. The number of Topliss-reactive ketones (excluding diaryl/α,β-unsaturated/α-hetero) is 2. The van der Waals surface area contributed by atoms with Gasteiger partial charge in [0.05, 0.1) is 5.57 Å². The number of hydrogen-bond donors (Lipinski definition) is 2. The Labute approximate surface area is 184 Å². The summed E-state index contributed by atoms with van der Waals surface area (Å²) in [6.07, 6.45) is 2.56. The largest absolute Gasteiger partial charge is 0.384 e. The van der Waals surface area contributed by atoms with E-state index in [1.54, 1.807) is 7.11 Å². The van der Waals surface area contributed by atoms with E-state index < -0.39 is 29.4 Å². The van der Waals surface area contributed by atoms with Crippen molar-refractivity contribution in [3.8, 4) is 0 Å². The highest BCUT2D eigenvalue weighted by molar-refractivity contribution is 6.25. The average Bonchev–Trinajstić information content (AvgIpc) is 2.75. The van der Waals surface area contributed by atoms with Crippen molar-refractivity contribution in [2.24, 2.45) is 17.8 Å². The average molecular weight is 445 g/mol. The van der Waals surface area contributed by atoms with Crippen LogP contribution < -0.4 is 5.32 Å². The Morgan fingerprint density at radius 2 is 2.00 bits per heavy atom. The molecule has 6 nitrogen and oxygen atoms in total. The molecule has 0 radical (unpaired) electrons. The van der Waals surface area contributed by atoms with E-state index in [1.807, 2.05) is 0 Å². The molecule has 0 heterocycles. The lowest BCUT2D eigenvalue weighted by Gasteiger charge is -2.41. The van der Waals surface area contributed by atoms with Gasteiger partial charge in [-0.3, -0.25) is 14.4 Å².